The molecule has 0 bridgehead atoms. The van der Waals surface area contributed by atoms with E-state index in [1.54, 1.807) is 0 Å². The number of aliphatic hydroxyl groups excluding tert-OH is 1. The number of hydrogen-bond acceptors (Lipinski definition) is 3. The summed E-state index contributed by atoms with van der Waals surface area (Å²) in [4.78, 5) is 2.37. The minimum absolute atomic E-state index is 0.213. The summed E-state index contributed by atoms with van der Waals surface area (Å²) < 4.78 is 0. The summed E-state index contributed by atoms with van der Waals surface area (Å²) in [6.07, 6.45) is 1.69. The van der Waals surface area contributed by atoms with E-state index in [-0.39, 0.29) is 6.10 Å². The minimum atomic E-state index is -0.213. The first-order valence-corrected chi connectivity index (χ1v) is 5.93. The van der Waals surface area contributed by atoms with E-state index in [1.807, 2.05) is 19.1 Å². The highest BCUT2D eigenvalue weighted by Crippen LogP contribution is 2.24. The van der Waals surface area contributed by atoms with Gasteiger partial charge in [-0.2, -0.15) is 0 Å². The number of nitrogens with two attached hydrogens (primary N) is 1. The van der Waals surface area contributed by atoms with E-state index < -0.39 is 0 Å². The van der Waals surface area contributed by atoms with Crippen LogP contribution in [0.4, 0.5) is 5.69 Å². The van der Waals surface area contributed by atoms with Crippen molar-refractivity contribution in [2.24, 2.45) is 0 Å². The molecule has 1 aromatic rings. The average Bonchev–Trinajstić information content (AvgIpc) is 2.27. The minimum Gasteiger partial charge on any atom is -0.398 e. The molecule has 0 saturated carbocycles. The van der Waals surface area contributed by atoms with E-state index in [1.165, 1.54) is 11.1 Å². The maximum Gasteiger partial charge on any atom is 0.0524 e. The number of hydrogen-bond donors (Lipinski definition) is 2. The van der Waals surface area contributed by atoms with Crippen molar-refractivity contribution in [3.05, 3.63) is 29.3 Å². The molecule has 0 aliphatic carbocycles. The third kappa shape index (κ3) is 2.54. The molecule has 1 atom stereocenters. The van der Waals surface area contributed by atoms with Gasteiger partial charge in [-0.1, -0.05) is 12.1 Å². The van der Waals surface area contributed by atoms with Crippen LogP contribution in [0.3, 0.4) is 0 Å². The van der Waals surface area contributed by atoms with Crippen LogP contribution in [-0.4, -0.2) is 29.2 Å². The fourth-order valence-corrected chi connectivity index (χ4v) is 2.22. The van der Waals surface area contributed by atoms with Crippen molar-refractivity contribution >= 4 is 5.69 Å². The summed E-state index contributed by atoms with van der Waals surface area (Å²) in [5, 5.41) is 9.28. The molecule has 0 spiro atoms. The van der Waals surface area contributed by atoms with Gasteiger partial charge in [0.1, 0.15) is 0 Å². The number of rotatable bonds is 3. The van der Waals surface area contributed by atoms with Crippen molar-refractivity contribution in [1.29, 1.82) is 0 Å². The molecule has 1 aliphatic rings. The average molecular weight is 220 g/mol. The Morgan fingerprint density at radius 2 is 2.31 bits per heavy atom. The van der Waals surface area contributed by atoms with Crippen LogP contribution in [0.1, 0.15) is 24.5 Å². The number of anilines is 1. The van der Waals surface area contributed by atoms with Gasteiger partial charge in [-0.3, -0.25) is 4.90 Å². The van der Waals surface area contributed by atoms with Crippen molar-refractivity contribution in [1.82, 2.24) is 4.90 Å². The summed E-state index contributed by atoms with van der Waals surface area (Å²) in [6, 6.07) is 6.16. The number of nitrogen functional groups attached to an aromatic ring is 1. The Hall–Kier alpha value is -1.06. The van der Waals surface area contributed by atoms with Crippen molar-refractivity contribution in [2.45, 2.75) is 32.4 Å². The fourth-order valence-electron chi connectivity index (χ4n) is 2.22. The molecule has 1 aromatic carbocycles. The van der Waals surface area contributed by atoms with E-state index in [9.17, 15) is 5.11 Å². The molecule has 0 fully saturated rings. The Balaban J connectivity index is 2.03. The monoisotopic (exact) mass is 220 g/mol. The largest absolute Gasteiger partial charge is 0.398 e. The SMILES string of the molecule is CC(O)CCN1CCc2cccc(N)c2C1. The van der Waals surface area contributed by atoms with Gasteiger partial charge in [0.25, 0.3) is 0 Å². The molecule has 3 N–H and O–H groups in total. The Kier molecular flexibility index (Phi) is 3.46. The van der Waals surface area contributed by atoms with Gasteiger partial charge >= 0.3 is 0 Å². The highest BCUT2D eigenvalue weighted by atomic mass is 16.3. The van der Waals surface area contributed by atoms with Crippen LogP contribution < -0.4 is 5.73 Å². The first kappa shape index (κ1) is 11.4. The van der Waals surface area contributed by atoms with Gasteiger partial charge in [-0.15, -0.1) is 0 Å². The molecule has 0 saturated heterocycles. The molecule has 1 unspecified atom stereocenters. The van der Waals surface area contributed by atoms with E-state index >= 15 is 0 Å². The van der Waals surface area contributed by atoms with Crippen molar-refractivity contribution in [2.75, 3.05) is 18.8 Å². The van der Waals surface area contributed by atoms with Gasteiger partial charge in [-0.05, 0) is 37.0 Å². The quantitative estimate of drug-likeness (QED) is 0.757. The standard InChI is InChI=1S/C13H20N2O/c1-10(16)5-7-15-8-6-11-3-2-4-13(14)12(11)9-15/h2-4,10,16H,5-9,14H2,1H3. The van der Waals surface area contributed by atoms with E-state index in [0.29, 0.717) is 0 Å². The zero-order valence-electron chi connectivity index (χ0n) is 9.82. The molecule has 1 heterocycles. The Morgan fingerprint density at radius 3 is 3.06 bits per heavy atom. The lowest BCUT2D eigenvalue weighted by molar-refractivity contribution is 0.151. The van der Waals surface area contributed by atoms with Crippen molar-refractivity contribution in [3.63, 3.8) is 0 Å². The number of benzene rings is 1. The Labute approximate surface area is 96.9 Å². The lowest BCUT2D eigenvalue weighted by Gasteiger charge is -2.29. The molecular formula is C13H20N2O. The predicted molar refractivity (Wildman–Crippen MR) is 66.1 cm³/mol. The van der Waals surface area contributed by atoms with Crippen LogP contribution in [0.15, 0.2) is 18.2 Å². The van der Waals surface area contributed by atoms with Crippen LogP contribution in [0, 0.1) is 0 Å². The molecule has 3 nitrogen and oxygen atoms in total. The maximum absolute atomic E-state index is 9.28. The molecule has 2 rings (SSSR count). The van der Waals surface area contributed by atoms with E-state index in [4.69, 9.17) is 5.73 Å². The van der Waals surface area contributed by atoms with Crippen molar-refractivity contribution < 1.29 is 5.11 Å². The van der Waals surface area contributed by atoms with Crippen molar-refractivity contribution in [3.8, 4) is 0 Å². The molecule has 3 heteroatoms. The highest BCUT2D eigenvalue weighted by molar-refractivity contribution is 5.51. The molecule has 88 valence electrons. The molecule has 0 aromatic heterocycles. The van der Waals surface area contributed by atoms with Crippen LogP contribution in [-0.2, 0) is 13.0 Å². The zero-order valence-corrected chi connectivity index (χ0v) is 9.82. The van der Waals surface area contributed by atoms with Gasteiger partial charge in [0.05, 0.1) is 6.10 Å². The van der Waals surface area contributed by atoms with Gasteiger partial charge in [-0.25, -0.2) is 0 Å². The first-order chi connectivity index (χ1) is 7.66. The first-order valence-electron chi connectivity index (χ1n) is 5.93. The summed E-state index contributed by atoms with van der Waals surface area (Å²) in [5.41, 5.74) is 9.55. The predicted octanol–water partition coefficient (Wildman–Crippen LogP) is 1.40. The lowest BCUT2D eigenvalue weighted by Crippen LogP contribution is -2.33. The van der Waals surface area contributed by atoms with Gasteiger partial charge in [0.2, 0.25) is 0 Å². The molecule has 1 aliphatic heterocycles. The van der Waals surface area contributed by atoms with Gasteiger partial charge in [0.15, 0.2) is 0 Å². The fraction of sp³-hybridized carbons (Fsp3) is 0.538. The van der Waals surface area contributed by atoms with Crippen LogP contribution in [0.25, 0.3) is 0 Å². The molecule has 16 heavy (non-hydrogen) atoms. The van der Waals surface area contributed by atoms with Gasteiger partial charge in [0, 0.05) is 25.3 Å². The second-order valence-electron chi connectivity index (χ2n) is 4.65. The Morgan fingerprint density at radius 1 is 1.50 bits per heavy atom. The number of nitrogens with zero attached hydrogens (tertiary/aromatic N) is 1. The van der Waals surface area contributed by atoms with E-state index in [0.717, 1.165) is 38.2 Å². The summed E-state index contributed by atoms with van der Waals surface area (Å²) >= 11 is 0. The number of fused-ring (bicyclic) bond motifs is 1. The Bertz CT molecular complexity index is 363. The second kappa shape index (κ2) is 4.85. The van der Waals surface area contributed by atoms with Gasteiger partial charge < -0.3 is 10.8 Å². The normalized spacial score (nSPS) is 18.1. The summed E-state index contributed by atoms with van der Waals surface area (Å²) in [7, 11) is 0. The third-order valence-corrected chi connectivity index (χ3v) is 3.25. The third-order valence-electron chi connectivity index (χ3n) is 3.25. The maximum atomic E-state index is 9.28. The zero-order chi connectivity index (χ0) is 11.5. The molecule has 0 amide bonds. The highest BCUT2D eigenvalue weighted by Gasteiger charge is 2.17. The molecule has 0 radical (unpaired) electrons. The van der Waals surface area contributed by atoms with Crippen LogP contribution in [0.2, 0.25) is 0 Å². The lowest BCUT2D eigenvalue weighted by atomic mass is 9.98. The molecular weight excluding hydrogens is 200 g/mol. The number of aliphatic hydroxyl groups is 1. The summed E-state index contributed by atoms with van der Waals surface area (Å²) in [5.74, 6) is 0. The van der Waals surface area contributed by atoms with Crippen LogP contribution in [0.5, 0.6) is 0 Å². The second-order valence-corrected chi connectivity index (χ2v) is 4.65. The summed E-state index contributed by atoms with van der Waals surface area (Å²) in [6.45, 7) is 4.79. The smallest absolute Gasteiger partial charge is 0.0524 e. The topological polar surface area (TPSA) is 49.5 Å². The van der Waals surface area contributed by atoms with Crippen LogP contribution >= 0.6 is 0 Å². The van der Waals surface area contributed by atoms with E-state index in [2.05, 4.69) is 11.0 Å².